The lowest BCUT2D eigenvalue weighted by Gasteiger charge is -2.16. The molecule has 162 valence electrons. The third-order valence-corrected chi connectivity index (χ3v) is 7.45. The van der Waals surface area contributed by atoms with Gasteiger partial charge in [0.25, 0.3) is 0 Å². The summed E-state index contributed by atoms with van der Waals surface area (Å²) >= 11 is 0. The molecule has 8 rings (SSSR count). The molecular formula is C31H15NO3. The van der Waals surface area contributed by atoms with Crippen LogP contribution in [0.2, 0.25) is 0 Å². The van der Waals surface area contributed by atoms with Gasteiger partial charge in [-0.1, -0.05) is 66.7 Å². The number of aromatic nitrogens is 1. The fourth-order valence-electron chi connectivity index (χ4n) is 5.91. The summed E-state index contributed by atoms with van der Waals surface area (Å²) in [4.78, 5) is 31.8. The van der Waals surface area contributed by atoms with Gasteiger partial charge in [-0.15, -0.1) is 0 Å². The molecule has 4 heteroatoms. The number of hydrogen-bond acceptors (Lipinski definition) is 4. The van der Waals surface area contributed by atoms with Gasteiger partial charge in [0.1, 0.15) is 5.75 Å². The molecule has 0 unspecified atom stereocenters. The average molecular weight is 449 g/mol. The Morgan fingerprint density at radius 2 is 1.03 bits per heavy atom. The number of hydrogen-bond donors (Lipinski definition) is 1. The molecular weight excluding hydrogens is 434 g/mol. The third kappa shape index (κ3) is 2.15. The first kappa shape index (κ1) is 18.6. The summed E-state index contributed by atoms with van der Waals surface area (Å²) in [5.74, 6) is 0.255. The van der Waals surface area contributed by atoms with E-state index in [1.54, 1.807) is 30.3 Å². The summed E-state index contributed by atoms with van der Waals surface area (Å²) in [5.41, 5.74) is 0.938. The van der Waals surface area contributed by atoms with E-state index in [9.17, 15) is 14.7 Å². The lowest BCUT2D eigenvalue weighted by atomic mass is 9.90. The highest BCUT2D eigenvalue weighted by molar-refractivity contribution is 6.34. The second kappa shape index (κ2) is 6.19. The fraction of sp³-hybridized carbons (Fsp3) is 0. The highest BCUT2D eigenvalue weighted by Crippen LogP contribution is 2.45. The average Bonchev–Trinajstić information content (AvgIpc) is 2.91. The number of benzene rings is 7. The molecule has 1 N–H and O–H groups in total. The molecule has 7 aromatic carbocycles. The van der Waals surface area contributed by atoms with Crippen LogP contribution in [0.1, 0.15) is 0 Å². The highest BCUT2D eigenvalue weighted by atomic mass is 16.3. The number of nitrogens with zero attached hydrogens (tertiary/aromatic N) is 1. The molecule has 0 saturated heterocycles. The van der Waals surface area contributed by atoms with Crippen LogP contribution in [0.4, 0.5) is 0 Å². The van der Waals surface area contributed by atoms with Gasteiger partial charge < -0.3 is 5.11 Å². The van der Waals surface area contributed by atoms with Crippen LogP contribution in [0.5, 0.6) is 5.75 Å². The van der Waals surface area contributed by atoms with E-state index in [1.165, 1.54) is 0 Å². The zero-order chi connectivity index (χ0) is 23.4. The van der Waals surface area contributed by atoms with Crippen molar-refractivity contribution in [1.82, 2.24) is 4.98 Å². The summed E-state index contributed by atoms with van der Waals surface area (Å²) in [7, 11) is 0. The summed E-state index contributed by atoms with van der Waals surface area (Å²) in [6, 6.07) is 26.4. The van der Waals surface area contributed by atoms with Gasteiger partial charge in [-0.25, -0.2) is 4.98 Å². The molecule has 35 heavy (non-hydrogen) atoms. The van der Waals surface area contributed by atoms with E-state index in [0.29, 0.717) is 27.1 Å². The van der Waals surface area contributed by atoms with Crippen LogP contribution in [0.25, 0.3) is 75.7 Å². The van der Waals surface area contributed by atoms with Crippen molar-refractivity contribution >= 4 is 75.7 Å². The van der Waals surface area contributed by atoms with Crippen molar-refractivity contribution in [2.24, 2.45) is 0 Å². The Morgan fingerprint density at radius 3 is 1.83 bits per heavy atom. The van der Waals surface area contributed by atoms with Crippen molar-refractivity contribution in [3.05, 3.63) is 105 Å². The number of phenols is 1. The van der Waals surface area contributed by atoms with Crippen LogP contribution < -0.4 is 10.9 Å². The van der Waals surface area contributed by atoms with Gasteiger partial charge in [-0.2, -0.15) is 0 Å². The zero-order valence-corrected chi connectivity index (χ0v) is 18.3. The molecule has 1 aromatic heterocycles. The Bertz CT molecular complexity index is 2320. The minimum absolute atomic E-state index is 0.152. The van der Waals surface area contributed by atoms with Crippen LogP contribution >= 0.6 is 0 Å². The van der Waals surface area contributed by atoms with Gasteiger partial charge in [-0.3, -0.25) is 9.59 Å². The van der Waals surface area contributed by atoms with E-state index in [2.05, 4.69) is 0 Å². The Kier molecular flexibility index (Phi) is 3.28. The quantitative estimate of drug-likeness (QED) is 0.213. The Labute approximate surface area is 197 Å². The maximum absolute atomic E-state index is 13.6. The Hall–Kier alpha value is -4.83. The number of phenolic OH excluding ortho intramolecular Hbond substituents is 1. The molecule has 0 atom stereocenters. The van der Waals surface area contributed by atoms with Gasteiger partial charge in [0.05, 0.1) is 16.4 Å². The number of aromatic hydroxyl groups is 1. The van der Waals surface area contributed by atoms with Crippen molar-refractivity contribution in [3.8, 4) is 5.75 Å². The fourth-order valence-corrected chi connectivity index (χ4v) is 5.91. The van der Waals surface area contributed by atoms with Crippen LogP contribution in [0.15, 0.2) is 94.5 Å². The van der Waals surface area contributed by atoms with E-state index in [0.717, 1.165) is 48.6 Å². The maximum Gasteiger partial charge on any atom is 0.196 e. The van der Waals surface area contributed by atoms with Crippen molar-refractivity contribution in [2.75, 3.05) is 0 Å². The van der Waals surface area contributed by atoms with Gasteiger partial charge in [0.15, 0.2) is 10.9 Å². The molecule has 0 aliphatic carbocycles. The van der Waals surface area contributed by atoms with E-state index >= 15 is 0 Å². The van der Waals surface area contributed by atoms with Crippen LogP contribution in [-0.4, -0.2) is 10.1 Å². The van der Waals surface area contributed by atoms with Gasteiger partial charge in [-0.05, 0) is 34.4 Å². The van der Waals surface area contributed by atoms with E-state index in [1.807, 2.05) is 54.6 Å². The Balaban J connectivity index is 1.66. The number of rotatable bonds is 0. The lowest BCUT2D eigenvalue weighted by Crippen LogP contribution is -2.13. The van der Waals surface area contributed by atoms with Crippen molar-refractivity contribution in [3.63, 3.8) is 0 Å². The van der Waals surface area contributed by atoms with Gasteiger partial charge >= 0.3 is 0 Å². The summed E-state index contributed by atoms with van der Waals surface area (Å²) in [6.07, 6.45) is 0. The molecule has 0 bridgehead atoms. The number of pyridine rings is 1. The number of fused-ring (bicyclic) bond motifs is 7. The Morgan fingerprint density at radius 1 is 0.457 bits per heavy atom. The summed E-state index contributed by atoms with van der Waals surface area (Å²) in [6.45, 7) is 0. The second-order valence-corrected chi connectivity index (χ2v) is 9.14. The second-order valence-electron chi connectivity index (χ2n) is 9.14. The minimum atomic E-state index is -0.176. The molecule has 0 amide bonds. The third-order valence-electron chi connectivity index (χ3n) is 7.45. The highest BCUT2D eigenvalue weighted by Gasteiger charge is 2.20. The van der Waals surface area contributed by atoms with E-state index in [-0.39, 0.29) is 16.6 Å². The first-order valence-electron chi connectivity index (χ1n) is 11.5. The monoisotopic (exact) mass is 449 g/mol. The van der Waals surface area contributed by atoms with E-state index < -0.39 is 0 Å². The molecule has 1 heterocycles. The molecule has 8 aromatic rings. The topological polar surface area (TPSA) is 67.3 Å². The predicted molar refractivity (Wildman–Crippen MR) is 143 cm³/mol. The molecule has 0 aliphatic rings. The van der Waals surface area contributed by atoms with Crippen LogP contribution in [0.3, 0.4) is 0 Å². The van der Waals surface area contributed by atoms with Crippen LogP contribution in [0, 0.1) is 0 Å². The standard InChI is InChI=1S/C31H15NO3/c33-29-19-6-2-1-5-15(19)16-13-14-24-26-17(9-11-22(29)25(16)26)18-10-12-23-27(28(18)32-24)31(35)21-8-4-3-7-20(21)30(23)34/h1-14,33H. The first-order chi connectivity index (χ1) is 17.1. The molecule has 0 spiro atoms. The largest absolute Gasteiger partial charge is 0.507 e. The summed E-state index contributed by atoms with van der Waals surface area (Å²) < 4.78 is 0. The van der Waals surface area contributed by atoms with E-state index in [4.69, 9.17) is 4.98 Å². The van der Waals surface area contributed by atoms with Crippen molar-refractivity contribution in [2.45, 2.75) is 0 Å². The van der Waals surface area contributed by atoms with Crippen LogP contribution in [-0.2, 0) is 0 Å². The lowest BCUT2D eigenvalue weighted by molar-refractivity contribution is 0.488. The van der Waals surface area contributed by atoms with Crippen molar-refractivity contribution < 1.29 is 5.11 Å². The smallest absolute Gasteiger partial charge is 0.196 e. The first-order valence-corrected chi connectivity index (χ1v) is 11.5. The SMILES string of the molecule is O=c1c2ccccc2c(=O)c2c1ccc1c3ccc4c(O)c5ccccc5c5ccc(nc12)c3c45. The normalized spacial score (nSPS) is 12.3. The molecule has 0 saturated carbocycles. The van der Waals surface area contributed by atoms with Gasteiger partial charge in [0, 0.05) is 43.1 Å². The maximum atomic E-state index is 13.6. The summed E-state index contributed by atoms with van der Waals surface area (Å²) in [5, 5.41) is 20.0. The van der Waals surface area contributed by atoms with Gasteiger partial charge in [0.2, 0.25) is 0 Å². The zero-order valence-electron chi connectivity index (χ0n) is 18.3. The molecule has 0 aliphatic heterocycles. The molecule has 0 radical (unpaired) electrons. The molecule has 4 nitrogen and oxygen atoms in total. The molecule has 0 fully saturated rings. The predicted octanol–water partition coefficient (Wildman–Crippen LogP) is 6.46. The van der Waals surface area contributed by atoms with Crippen molar-refractivity contribution in [1.29, 1.82) is 0 Å². The minimum Gasteiger partial charge on any atom is -0.507 e.